The Bertz CT molecular complexity index is 613. The quantitative estimate of drug-likeness (QED) is 0.907. The molecular weight excluding hydrogens is 250 g/mol. The minimum Gasteiger partial charge on any atom is -0.489 e. The number of para-hydroxylation sites is 1. The van der Waals surface area contributed by atoms with Gasteiger partial charge in [0.15, 0.2) is 0 Å². The van der Waals surface area contributed by atoms with Crippen molar-refractivity contribution in [1.29, 1.82) is 0 Å². The van der Waals surface area contributed by atoms with E-state index in [0.29, 0.717) is 11.9 Å². The molecule has 0 aliphatic heterocycles. The van der Waals surface area contributed by atoms with E-state index < -0.39 is 0 Å². The molecule has 3 rings (SSSR count). The number of nitrogens with zero attached hydrogens (tertiary/aromatic N) is 2. The molecular formula is C16H23N3O. The average molecular weight is 273 g/mol. The molecule has 1 saturated carbocycles. The highest BCUT2D eigenvalue weighted by Gasteiger charge is 2.29. The van der Waals surface area contributed by atoms with Crippen LogP contribution in [0.15, 0.2) is 18.2 Å². The van der Waals surface area contributed by atoms with Gasteiger partial charge in [-0.05, 0) is 50.7 Å². The van der Waals surface area contributed by atoms with E-state index in [1.807, 2.05) is 26.0 Å². The second kappa shape index (κ2) is 5.00. The van der Waals surface area contributed by atoms with Gasteiger partial charge in [-0.15, -0.1) is 0 Å². The highest BCUT2D eigenvalue weighted by atomic mass is 16.5. The van der Waals surface area contributed by atoms with Crippen molar-refractivity contribution in [2.75, 3.05) is 5.73 Å². The van der Waals surface area contributed by atoms with E-state index in [1.165, 1.54) is 12.8 Å². The number of anilines is 1. The van der Waals surface area contributed by atoms with Gasteiger partial charge in [0.2, 0.25) is 5.95 Å². The zero-order valence-corrected chi connectivity index (χ0v) is 12.5. The van der Waals surface area contributed by atoms with Crippen molar-refractivity contribution in [3.05, 3.63) is 18.2 Å². The highest BCUT2D eigenvalue weighted by molar-refractivity contribution is 5.84. The Labute approximate surface area is 119 Å². The molecule has 1 aliphatic rings. The topological polar surface area (TPSA) is 53.1 Å². The Morgan fingerprint density at radius 2 is 2.10 bits per heavy atom. The number of ether oxygens (including phenoxy) is 1. The summed E-state index contributed by atoms with van der Waals surface area (Å²) in [4.78, 5) is 4.51. The summed E-state index contributed by atoms with van der Waals surface area (Å²) in [5.41, 5.74) is 8.07. The number of benzene rings is 1. The molecule has 108 valence electrons. The van der Waals surface area contributed by atoms with E-state index in [1.54, 1.807) is 0 Å². The molecule has 2 N–H and O–H groups in total. The van der Waals surface area contributed by atoms with Gasteiger partial charge in [0, 0.05) is 6.54 Å². The van der Waals surface area contributed by atoms with Gasteiger partial charge in [-0.25, -0.2) is 4.98 Å². The monoisotopic (exact) mass is 273 g/mol. The fraction of sp³-hybridized carbons (Fsp3) is 0.562. The van der Waals surface area contributed by atoms with E-state index in [0.717, 1.165) is 29.2 Å². The number of rotatable bonds is 5. The van der Waals surface area contributed by atoms with E-state index >= 15 is 0 Å². The van der Waals surface area contributed by atoms with Crippen LogP contribution in [-0.4, -0.2) is 15.7 Å². The van der Waals surface area contributed by atoms with Crippen molar-refractivity contribution in [3.8, 4) is 5.75 Å². The van der Waals surface area contributed by atoms with Crippen molar-refractivity contribution in [2.45, 2.75) is 46.3 Å². The molecule has 1 aromatic heterocycles. The second-order valence-electron chi connectivity index (χ2n) is 6.19. The molecule has 0 spiro atoms. The third-order valence-electron chi connectivity index (χ3n) is 4.03. The molecule has 4 nitrogen and oxygen atoms in total. The minimum absolute atomic E-state index is 0.136. The molecule has 1 atom stereocenters. The number of hydrogen-bond acceptors (Lipinski definition) is 3. The van der Waals surface area contributed by atoms with Crippen molar-refractivity contribution in [1.82, 2.24) is 9.55 Å². The maximum atomic E-state index is 6.12. The molecule has 0 bridgehead atoms. The number of aromatic nitrogens is 2. The summed E-state index contributed by atoms with van der Waals surface area (Å²) in [6, 6.07) is 6.05. The molecule has 4 heteroatoms. The number of imidazole rings is 1. The Hall–Kier alpha value is -1.71. The number of nitrogens with two attached hydrogens (primary N) is 1. The van der Waals surface area contributed by atoms with Crippen LogP contribution in [0.5, 0.6) is 5.75 Å². The third-order valence-corrected chi connectivity index (χ3v) is 4.03. The van der Waals surface area contributed by atoms with Crippen LogP contribution < -0.4 is 10.5 Å². The van der Waals surface area contributed by atoms with Crippen LogP contribution in [0.2, 0.25) is 0 Å². The Morgan fingerprint density at radius 3 is 2.75 bits per heavy atom. The summed E-state index contributed by atoms with van der Waals surface area (Å²) in [7, 11) is 0. The minimum atomic E-state index is 0.136. The summed E-state index contributed by atoms with van der Waals surface area (Å²) in [5, 5.41) is 0. The third kappa shape index (κ3) is 2.47. The van der Waals surface area contributed by atoms with Crippen molar-refractivity contribution in [2.24, 2.45) is 11.8 Å². The molecule has 20 heavy (non-hydrogen) atoms. The fourth-order valence-corrected chi connectivity index (χ4v) is 2.78. The number of nitrogen functional groups attached to an aromatic ring is 1. The molecule has 0 saturated heterocycles. The van der Waals surface area contributed by atoms with Crippen LogP contribution in [0.25, 0.3) is 11.0 Å². The van der Waals surface area contributed by atoms with Gasteiger partial charge < -0.3 is 15.0 Å². The van der Waals surface area contributed by atoms with Gasteiger partial charge >= 0.3 is 0 Å². The van der Waals surface area contributed by atoms with Gasteiger partial charge in [0.1, 0.15) is 11.3 Å². The highest BCUT2D eigenvalue weighted by Crippen LogP contribution is 2.38. The maximum Gasteiger partial charge on any atom is 0.201 e. The first-order chi connectivity index (χ1) is 9.56. The Kier molecular flexibility index (Phi) is 3.32. The van der Waals surface area contributed by atoms with Crippen molar-refractivity contribution in [3.63, 3.8) is 0 Å². The predicted octanol–water partition coefficient (Wildman–Crippen LogP) is 3.45. The van der Waals surface area contributed by atoms with Crippen LogP contribution in [-0.2, 0) is 6.54 Å². The predicted molar refractivity (Wildman–Crippen MR) is 81.8 cm³/mol. The lowest BCUT2D eigenvalue weighted by atomic mass is 10.1. The fourth-order valence-electron chi connectivity index (χ4n) is 2.78. The van der Waals surface area contributed by atoms with Crippen molar-refractivity contribution < 1.29 is 4.74 Å². The van der Waals surface area contributed by atoms with Crippen LogP contribution in [0.4, 0.5) is 5.95 Å². The first-order valence-electron chi connectivity index (χ1n) is 7.47. The molecule has 1 aromatic carbocycles. The van der Waals surface area contributed by atoms with E-state index in [2.05, 4.69) is 22.5 Å². The van der Waals surface area contributed by atoms with Crippen LogP contribution in [0.3, 0.4) is 0 Å². The normalized spacial score (nSPS) is 16.8. The smallest absolute Gasteiger partial charge is 0.201 e. The molecule has 2 aromatic rings. The molecule has 0 amide bonds. The largest absolute Gasteiger partial charge is 0.489 e. The van der Waals surface area contributed by atoms with Crippen molar-refractivity contribution >= 4 is 17.0 Å². The summed E-state index contributed by atoms with van der Waals surface area (Å²) in [5.74, 6) is 2.93. The van der Waals surface area contributed by atoms with Gasteiger partial charge in [0.25, 0.3) is 0 Å². The number of hydrogen-bond donors (Lipinski definition) is 1. The summed E-state index contributed by atoms with van der Waals surface area (Å²) in [6.45, 7) is 7.29. The lowest BCUT2D eigenvalue weighted by molar-refractivity contribution is 0.245. The molecule has 1 unspecified atom stereocenters. The number of fused-ring (bicyclic) bond motifs is 1. The van der Waals surface area contributed by atoms with Gasteiger partial charge in [0.05, 0.1) is 11.6 Å². The van der Waals surface area contributed by atoms with Crippen LogP contribution in [0.1, 0.15) is 33.6 Å². The van der Waals surface area contributed by atoms with E-state index in [9.17, 15) is 0 Å². The zero-order valence-electron chi connectivity index (χ0n) is 12.5. The SMILES string of the molecule is CC(C)Oc1cccc2c1nc(N)n2CC(C)C1CC1. The molecule has 1 aliphatic carbocycles. The van der Waals surface area contributed by atoms with E-state index in [4.69, 9.17) is 10.5 Å². The summed E-state index contributed by atoms with van der Waals surface area (Å²) >= 11 is 0. The average Bonchev–Trinajstić information content (AvgIpc) is 3.17. The zero-order chi connectivity index (χ0) is 14.3. The summed E-state index contributed by atoms with van der Waals surface area (Å²) < 4.78 is 7.96. The molecule has 1 heterocycles. The lowest BCUT2D eigenvalue weighted by Crippen LogP contribution is -2.11. The van der Waals surface area contributed by atoms with Gasteiger partial charge in [-0.3, -0.25) is 0 Å². The van der Waals surface area contributed by atoms with Gasteiger partial charge in [-0.1, -0.05) is 13.0 Å². The lowest BCUT2D eigenvalue weighted by Gasteiger charge is -2.13. The molecule has 0 radical (unpaired) electrons. The van der Waals surface area contributed by atoms with Gasteiger partial charge in [-0.2, -0.15) is 0 Å². The molecule has 1 fully saturated rings. The first-order valence-corrected chi connectivity index (χ1v) is 7.47. The van der Waals surface area contributed by atoms with Crippen LogP contribution >= 0.6 is 0 Å². The standard InChI is InChI=1S/C16H23N3O/c1-10(2)20-14-6-4-5-13-15(14)18-16(17)19(13)9-11(3)12-7-8-12/h4-6,10-12H,7-9H2,1-3H3,(H2,17,18). The van der Waals surface area contributed by atoms with E-state index in [-0.39, 0.29) is 6.10 Å². The Balaban J connectivity index is 1.97. The second-order valence-corrected chi connectivity index (χ2v) is 6.19. The maximum absolute atomic E-state index is 6.12. The summed E-state index contributed by atoms with van der Waals surface area (Å²) in [6.07, 6.45) is 2.85. The first kappa shape index (κ1) is 13.3. The Morgan fingerprint density at radius 1 is 1.35 bits per heavy atom. The van der Waals surface area contributed by atoms with Crippen LogP contribution in [0, 0.1) is 11.8 Å².